The Labute approximate surface area is 358 Å². The number of nitrogens with zero attached hydrogens (tertiary/aromatic N) is 3. The maximum Gasteiger partial charge on any atom is 0.0576 e. The number of rotatable bonds is 2. The number of hydrogen-bond acceptors (Lipinski definition) is 0. The van der Waals surface area contributed by atoms with Gasteiger partial charge >= 0.3 is 0 Å². The lowest BCUT2D eigenvalue weighted by atomic mass is 10.0. The molecule has 0 fully saturated rings. The molecular weight excluding hydrogens is 739 g/mol. The molecule has 3 heteroatoms. The summed E-state index contributed by atoms with van der Waals surface area (Å²) in [5.41, 5.74) is 8.03. The van der Waals surface area contributed by atoms with Gasteiger partial charge < -0.3 is 13.7 Å². The van der Waals surface area contributed by atoms with E-state index in [9.17, 15) is 0 Å². The Morgan fingerprint density at radius 1 is 0.328 bits per heavy atom. The first-order valence-electron chi connectivity index (χ1n) is 21.8. The minimum absolute atomic E-state index is 0.0471. The zero-order chi connectivity index (χ0) is 42.0. The van der Waals surface area contributed by atoms with Crippen molar-refractivity contribution in [1.82, 2.24) is 13.7 Å². The van der Waals surface area contributed by atoms with Crippen LogP contribution in [0.4, 0.5) is 0 Å². The fourth-order valence-electron chi connectivity index (χ4n) is 9.99. The summed E-state index contributed by atoms with van der Waals surface area (Å²) in [6.45, 7) is 15.8. The highest BCUT2D eigenvalue weighted by Gasteiger charge is 2.22. The van der Waals surface area contributed by atoms with Crippen LogP contribution < -0.4 is 0 Å². The molecule has 3 aromatic heterocycles. The van der Waals surface area contributed by atoms with Gasteiger partial charge in [-0.1, -0.05) is 146 Å². The van der Waals surface area contributed by atoms with Crippen LogP contribution in [0.2, 0.25) is 0 Å². The van der Waals surface area contributed by atoms with Crippen LogP contribution in [0.15, 0.2) is 182 Å². The third kappa shape index (κ3) is 6.42. The summed E-state index contributed by atoms with van der Waals surface area (Å²) in [6, 6.07) is 66.6. The van der Waals surface area contributed by atoms with Crippen LogP contribution in [0.3, 0.4) is 0 Å². The van der Waals surface area contributed by atoms with Gasteiger partial charge in [0.25, 0.3) is 0 Å². The fraction of sp³-hybridized carbons (Fsp3) is 0.172. The number of hydrogen-bond donors (Lipinski definition) is 0. The van der Waals surface area contributed by atoms with Gasteiger partial charge in [0.2, 0.25) is 0 Å². The first-order valence-corrected chi connectivity index (χ1v) is 21.8. The molecule has 0 saturated carbocycles. The summed E-state index contributed by atoms with van der Waals surface area (Å²) >= 11 is 0. The molecule has 0 radical (unpaired) electrons. The van der Waals surface area contributed by atoms with Crippen molar-refractivity contribution < 1.29 is 0 Å². The predicted molar refractivity (Wildman–Crippen MR) is 267 cm³/mol. The van der Waals surface area contributed by atoms with E-state index >= 15 is 0 Å². The highest BCUT2D eigenvalue weighted by Crippen LogP contribution is 2.39. The molecule has 300 valence electrons. The maximum absolute atomic E-state index is 2.49. The summed E-state index contributed by atoms with van der Waals surface area (Å²) in [5.74, 6) is 0. The van der Waals surface area contributed by atoms with E-state index in [2.05, 4.69) is 244 Å². The molecule has 3 heterocycles. The van der Waals surface area contributed by atoms with Crippen LogP contribution in [0.5, 0.6) is 0 Å². The van der Waals surface area contributed by atoms with E-state index < -0.39 is 0 Å². The van der Waals surface area contributed by atoms with Crippen molar-refractivity contribution in [1.29, 1.82) is 0 Å². The zero-order valence-electron chi connectivity index (χ0n) is 36.3. The van der Waals surface area contributed by atoms with Gasteiger partial charge in [-0.2, -0.15) is 0 Å². The molecule has 0 atom stereocenters. The SMILES string of the molecule is CC(C)(C)n1c2ccccc2c2ccc3ccccc3c21.CC(C)n1c2ccccc2c2c3ccccc3ccc21.CC(C)n1c2ccccc2c2cc3ccccc3cc21. The van der Waals surface area contributed by atoms with Gasteiger partial charge in [-0.15, -0.1) is 0 Å². The fourth-order valence-corrected chi connectivity index (χ4v) is 9.99. The summed E-state index contributed by atoms with van der Waals surface area (Å²) in [4.78, 5) is 0. The number of para-hydroxylation sites is 3. The lowest BCUT2D eigenvalue weighted by Crippen LogP contribution is -2.21. The molecule has 0 aliphatic rings. The average Bonchev–Trinajstić information content (AvgIpc) is 3.92. The van der Waals surface area contributed by atoms with Crippen molar-refractivity contribution in [3.63, 3.8) is 0 Å². The highest BCUT2D eigenvalue weighted by atomic mass is 15.0. The minimum atomic E-state index is 0.0471. The van der Waals surface area contributed by atoms with Gasteiger partial charge in [0.15, 0.2) is 0 Å². The van der Waals surface area contributed by atoms with Crippen LogP contribution in [0.1, 0.15) is 60.5 Å². The Bertz CT molecular complexity index is 3570. The summed E-state index contributed by atoms with van der Waals surface area (Å²) in [6.07, 6.45) is 0. The van der Waals surface area contributed by atoms with E-state index in [0.717, 1.165) is 0 Å². The quantitative estimate of drug-likeness (QED) is 0.166. The van der Waals surface area contributed by atoms with E-state index in [4.69, 9.17) is 0 Å². The van der Waals surface area contributed by atoms with E-state index in [1.165, 1.54) is 97.7 Å². The van der Waals surface area contributed by atoms with E-state index in [-0.39, 0.29) is 5.54 Å². The van der Waals surface area contributed by atoms with Crippen molar-refractivity contribution in [3.8, 4) is 0 Å². The van der Waals surface area contributed by atoms with Crippen molar-refractivity contribution in [2.24, 2.45) is 0 Å². The van der Waals surface area contributed by atoms with Crippen molar-refractivity contribution in [3.05, 3.63) is 182 Å². The summed E-state index contributed by atoms with van der Waals surface area (Å²) in [5, 5.41) is 16.0. The second-order valence-corrected chi connectivity index (χ2v) is 18.1. The van der Waals surface area contributed by atoms with E-state index in [1.54, 1.807) is 0 Å². The number of aromatic nitrogens is 3. The number of benzene rings is 9. The smallest absolute Gasteiger partial charge is 0.0576 e. The Morgan fingerprint density at radius 2 is 0.770 bits per heavy atom. The van der Waals surface area contributed by atoms with Crippen molar-refractivity contribution in [2.75, 3.05) is 0 Å². The molecule has 0 aliphatic heterocycles. The van der Waals surface area contributed by atoms with Crippen molar-refractivity contribution in [2.45, 2.75) is 66.1 Å². The third-order valence-electron chi connectivity index (χ3n) is 12.4. The molecule has 0 spiro atoms. The Balaban J connectivity index is 0.000000110. The molecule has 9 aromatic carbocycles. The predicted octanol–water partition coefficient (Wildman–Crippen LogP) is 16.8. The third-order valence-corrected chi connectivity index (χ3v) is 12.4. The van der Waals surface area contributed by atoms with Gasteiger partial charge in [0.1, 0.15) is 0 Å². The van der Waals surface area contributed by atoms with Gasteiger partial charge in [0, 0.05) is 82.9 Å². The molecule has 12 aromatic rings. The maximum atomic E-state index is 2.49. The molecule has 0 amide bonds. The van der Waals surface area contributed by atoms with Gasteiger partial charge in [-0.25, -0.2) is 0 Å². The second-order valence-electron chi connectivity index (χ2n) is 18.1. The molecular formula is C58H53N3. The van der Waals surface area contributed by atoms with Gasteiger partial charge in [0.05, 0.1) is 5.52 Å². The normalized spacial score (nSPS) is 12.1. The Morgan fingerprint density at radius 3 is 1.39 bits per heavy atom. The Hall–Kier alpha value is -6.84. The highest BCUT2D eigenvalue weighted by molar-refractivity contribution is 6.21. The standard InChI is InChI=1S/C20H19N.2C19H17N/c1-20(2,3)21-18-11-7-6-10-16(18)17-13-12-14-8-4-5-9-15(14)19(17)21;1-13(2)20-18-10-6-5-9-16(18)17-11-14-7-3-4-8-15(14)12-19(17)20;1-13(2)20-17-10-6-5-9-16(17)19-15-8-4-3-7-14(15)11-12-18(19)20/h4-13H,1-3H3;2*3-13H,1-2H3. The second kappa shape index (κ2) is 15.0. The van der Waals surface area contributed by atoms with Crippen LogP contribution in [0, 0.1) is 0 Å². The lowest BCUT2D eigenvalue weighted by molar-refractivity contribution is 0.424. The molecule has 3 nitrogen and oxygen atoms in total. The molecule has 0 saturated heterocycles. The molecule has 12 rings (SSSR count). The van der Waals surface area contributed by atoms with Gasteiger partial charge in [-0.05, 0) is 112 Å². The molecule has 61 heavy (non-hydrogen) atoms. The minimum Gasteiger partial charge on any atom is -0.338 e. The van der Waals surface area contributed by atoms with E-state index in [1.807, 2.05) is 0 Å². The van der Waals surface area contributed by atoms with Crippen LogP contribution in [-0.2, 0) is 5.54 Å². The van der Waals surface area contributed by atoms with Crippen LogP contribution in [0.25, 0.3) is 97.7 Å². The Kier molecular flexibility index (Phi) is 9.44. The molecule has 0 bridgehead atoms. The largest absolute Gasteiger partial charge is 0.338 e. The monoisotopic (exact) mass is 791 g/mol. The molecule has 0 aliphatic carbocycles. The van der Waals surface area contributed by atoms with Crippen LogP contribution >= 0.6 is 0 Å². The average molecular weight is 792 g/mol. The van der Waals surface area contributed by atoms with Crippen LogP contribution in [-0.4, -0.2) is 13.7 Å². The first-order chi connectivity index (χ1) is 29.6. The summed E-state index contributed by atoms with van der Waals surface area (Å²) < 4.78 is 7.37. The molecule has 0 N–H and O–H groups in total. The lowest BCUT2D eigenvalue weighted by Gasteiger charge is -2.24. The summed E-state index contributed by atoms with van der Waals surface area (Å²) in [7, 11) is 0. The van der Waals surface area contributed by atoms with Crippen molar-refractivity contribution >= 4 is 97.7 Å². The zero-order valence-corrected chi connectivity index (χ0v) is 36.3. The van der Waals surface area contributed by atoms with Gasteiger partial charge in [-0.3, -0.25) is 0 Å². The molecule has 0 unspecified atom stereocenters. The first kappa shape index (κ1) is 38.4. The number of fused-ring (bicyclic) bond motifs is 14. The van der Waals surface area contributed by atoms with E-state index in [0.29, 0.717) is 12.1 Å². The topological polar surface area (TPSA) is 14.8 Å².